The minimum absolute atomic E-state index is 0.219. The van der Waals surface area contributed by atoms with Crippen molar-refractivity contribution in [1.82, 2.24) is 0 Å². The third-order valence-electron chi connectivity index (χ3n) is 3.15. The molecule has 1 nitrogen and oxygen atoms in total. The number of hydrogen-bond acceptors (Lipinski definition) is 1. The van der Waals surface area contributed by atoms with Crippen LogP contribution in [0, 0.1) is 18.8 Å². The molecule has 0 bridgehead atoms. The number of hydrogen-bond donors (Lipinski definition) is 0. The van der Waals surface area contributed by atoms with E-state index in [1.807, 2.05) is 31.2 Å². The lowest BCUT2D eigenvalue weighted by Gasteiger charge is -2.10. The Hall–Kier alpha value is -1.11. The highest BCUT2D eigenvalue weighted by Crippen LogP contribution is 2.38. The zero-order valence-corrected chi connectivity index (χ0v) is 8.79. The smallest absolute Gasteiger partial charge is 0.166 e. The van der Waals surface area contributed by atoms with Crippen molar-refractivity contribution in [2.45, 2.75) is 26.7 Å². The molecule has 1 aliphatic rings. The van der Waals surface area contributed by atoms with Gasteiger partial charge in [0.05, 0.1) is 0 Å². The summed E-state index contributed by atoms with van der Waals surface area (Å²) < 4.78 is 0. The molecule has 0 spiro atoms. The maximum atomic E-state index is 12.0. The monoisotopic (exact) mass is 188 g/mol. The number of benzene rings is 1. The highest BCUT2D eigenvalue weighted by molar-refractivity contribution is 5.99. The largest absolute Gasteiger partial charge is 0.294 e. The first kappa shape index (κ1) is 9.45. The van der Waals surface area contributed by atoms with Crippen LogP contribution in [0.15, 0.2) is 24.3 Å². The number of carbonyl (C=O) groups excluding carboxylic acids is 1. The number of rotatable bonds is 3. The van der Waals surface area contributed by atoms with Gasteiger partial charge in [-0.25, -0.2) is 0 Å². The molecule has 1 heteroatoms. The summed E-state index contributed by atoms with van der Waals surface area (Å²) in [5.41, 5.74) is 2.01. The molecule has 74 valence electrons. The molecule has 1 unspecified atom stereocenters. The van der Waals surface area contributed by atoms with E-state index in [1.54, 1.807) is 0 Å². The molecule has 1 saturated carbocycles. The van der Waals surface area contributed by atoms with Gasteiger partial charge in [0.2, 0.25) is 0 Å². The molecule has 0 aliphatic heterocycles. The third kappa shape index (κ3) is 1.72. The lowest BCUT2D eigenvalue weighted by atomic mass is 9.93. The van der Waals surface area contributed by atoms with Crippen molar-refractivity contribution in [3.8, 4) is 0 Å². The molecule has 0 N–H and O–H groups in total. The lowest BCUT2D eigenvalue weighted by molar-refractivity contribution is 0.0915. The van der Waals surface area contributed by atoms with E-state index in [1.165, 1.54) is 12.8 Å². The van der Waals surface area contributed by atoms with Crippen LogP contribution in [0.4, 0.5) is 0 Å². The molecule has 0 radical (unpaired) electrons. The molecule has 14 heavy (non-hydrogen) atoms. The second-order valence-corrected chi connectivity index (χ2v) is 4.31. The first-order valence-corrected chi connectivity index (χ1v) is 5.30. The molecule has 0 heterocycles. The lowest BCUT2D eigenvalue weighted by Crippen LogP contribution is -2.14. The van der Waals surface area contributed by atoms with Gasteiger partial charge in [0, 0.05) is 11.5 Å². The van der Waals surface area contributed by atoms with Crippen molar-refractivity contribution in [3.63, 3.8) is 0 Å². The third-order valence-corrected chi connectivity index (χ3v) is 3.15. The van der Waals surface area contributed by atoms with E-state index in [-0.39, 0.29) is 5.92 Å². The summed E-state index contributed by atoms with van der Waals surface area (Å²) in [5, 5.41) is 0. The zero-order valence-electron chi connectivity index (χ0n) is 8.79. The summed E-state index contributed by atoms with van der Waals surface area (Å²) >= 11 is 0. The maximum Gasteiger partial charge on any atom is 0.166 e. The molecule has 0 aromatic heterocycles. The first-order valence-electron chi connectivity index (χ1n) is 5.30. The van der Waals surface area contributed by atoms with E-state index in [0.717, 1.165) is 11.1 Å². The van der Waals surface area contributed by atoms with Crippen LogP contribution >= 0.6 is 0 Å². The van der Waals surface area contributed by atoms with Crippen molar-refractivity contribution in [2.75, 3.05) is 0 Å². The minimum Gasteiger partial charge on any atom is -0.294 e. The standard InChI is InChI=1S/C13H16O/c1-9-5-3-4-6-12(9)13(14)10(2)11-7-8-11/h3-6,10-11H,7-8H2,1-2H3. The fourth-order valence-electron chi connectivity index (χ4n) is 1.90. The highest BCUT2D eigenvalue weighted by Gasteiger charge is 2.33. The molecule has 1 aromatic carbocycles. The summed E-state index contributed by atoms with van der Waals surface area (Å²) in [5.74, 6) is 1.20. The Morgan fingerprint density at radius 1 is 1.36 bits per heavy atom. The van der Waals surface area contributed by atoms with Gasteiger partial charge in [-0.2, -0.15) is 0 Å². The minimum atomic E-state index is 0.219. The number of aryl methyl sites for hydroxylation is 1. The van der Waals surface area contributed by atoms with Gasteiger partial charge < -0.3 is 0 Å². The highest BCUT2D eigenvalue weighted by atomic mass is 16.1. The Kier molecular flexibility index (Phi) is 2.40. The average Bonchev–Trinajstić information content (AvgIpc) is 3.00. The Bertz CT molecular complexity index is 350. The van der Waals surface area contributed by atoms with Crippen molar-refractivity contribution >= 4 is 5.78 Å². The van der Waals surface area contributed by atoms with E-state index in [9.17, 15) is 4.79 Å². The van der Waals surface area contributed by atoms with Crippen molar-refractivity contribution < 1.29 is 4.79 Å². The predicted octanol–water partition coefficient (Wildman–Crippen LogP) is 3.22. The van der Waals surface area contributed by atoms with Gasteiger partial charge in [0.25, 0.3) is 0 Å². The van der Waals surface area contributed by atoms with Gasteiger partial charge in [0.1, 0.15) is 0 Å². The maximum absolute atomic E-state index is 12.0. The molecule has 1 aliphatic carbocycles. The SMILES string of the molecule is Cc1ccccc1C(=O)C(C)C1CC1. The summed E-state index contributed by atoms with van der Waals surface area (Å²) in [6.45, 7) is 4.07. The molecular weight excluding hydrogens is 172 g/mol. The Morgan fingerprint density at radius 3 is 2.57 bits per heavy atom. The van der Waals surface area contributed by atoms with Gasteiger partial charge in [-0.05, 0) is 31.2 Å². The van der Waals surface area contributed by atoms with Crippen molar-refractivity contribution in [1.29, 1.82) is 0 Å². The van der Waals surface area contributed by atoms with Crippen LogP contribution in [0.25, 0.3) is 0 Å². The Morgan fingerprint density at radius 2 is 2.00 bits per heavy atom. The Balaban J connectivity index is 2.21. The fourth-order valence-corrected chi connectivity index (χ4v) is 1.90. The summed E-state index contributed by atoms with van der Waals surface area (Å²) in [7, 11) is 0. The van der Waals surface area contributed by atoms with Crippen LogP contribution < -0.4 is 0 Å². The number of Topliss-reactive ketones (excluding diaryl/α,β-unsaturated/α-hetero) is 1. The Labute approximate surface area is 85.1 Å². The van der Waals surface area contributed by atoms with Crippen molar-refractivity contribution in [2.24, 2.45) is 11.8 Å². The molecular formula is C13H16O. The topological polar surface area (TPSA) is 17.1 Å². The van der Waals surface area contributed by atoms with Gasteiger partial charge in [-0.3, -0.25) is 4.79 Å². The first-order chi connectivity index (χ1) is 6.70. The summed E-state index contributed by atoms with van der Waals surface area (Å²) in [4.78, 5) is 12.0. The molecule has 0 saturated heterocycles. The van der Waals surface area contributed by atoms with Gasteiger partial charge in [-0.1, -0.05) is 31.2 Å². The second-order valence-electron chi connectivity index (χ2n) is 4.31. The van der Waals surface area contributed by atoms with Gasteiger partial charge in [0.15, 0.2) is 5.78 Å². The van der Waals surface area contributed by atoms with E-state index >= 15 is 0 Å². The van der Waals surface area contributed by atoms with Crippen LogP contribution in [-0.4, -0.2) is 5.78 Å². The van der Waals surface area contributed by atoms with Crippen LogP contribution in [0.2, 0.25) is 0 Å². The second kappa shape index (κ2) is 3.56. The molecule has 2 rings (SSSR count). The number of carbonyl (C=O) groups is 1. The average molecular weight is 188 g/mol. The van der Waals surface area contributed by atoms with Crippen molar-refractivity contribution in [3.05, 3.63) is 35.4 Å². The quantitative estimate of drug-likeness (QED) is 0.665. The summed E-state index contributed by atoms with van der Waals surface area (Å²) in [6.07, 6.45) is 2.47. The molecule has 1 fully saturated rings. The van der Waals surface area contributed by atoms with E-state index in [4.69, 9.17) is 0 Å². The normalized spacial score (nSPS) is 17.9. The van der Waals surface area contributed by atoms with Gasteiger partial charge in [-0.15, -0.1) is 0 Å². The van der Waals surface area contributed by atoms with Crippen LogP contribution in [0.1, 0.15) is 35.7 Å². The fraction of sp³-hybridized carbons (Fsp3) is 0.462. The molecule has 1 atom stereocenters. The number of ketones is 1. The van der Waals surface area contributed by atoms with Crippen LogP contribution in [0.5, 0.6) is 0 Å². The van der Waals surface area contributed by atoms with E-state index < -0.39 is 0 Å². The van der Waals surface area contributed by atoms with E-state index in [2.05, 4.69) is 6.92 Å². The van der Waals surface area contributed by atoms with Gasteiger partial charge >= 0.3 is 0 Å². The van der Waals surface area contributed by atoms with Crippen LogP contribution in [0.3, 0.4) is 0 Å². The molecule has 0 amide bonds. The van der Waals surface area contributed by atoms with E-state index in [0.29, 0.717) is 11.7 Å². The predicted molar refractivity (Wildman–Crippen MR) is 57.4 cm³/mol. The molecule has 1 aromatic rings. The zero-order chi connectivity index (χ0) is 10.1. The summed E-state index contributed by atoms with van der Waals surface area (Å²) in [6, 6.07) is 7.87. The van der Waals surface area contributed by atoms with Crippen LogP contribution in [-0.2, 0) is 0 Å².